The molecule has 1 amide bonds. The van der Waals surface area contributed by atoms with Gasteiger partial charge in [0.2, 0.25) is 0 Å². The fourth-order valence-electron chi connectivity index (χ4n) is 3.74. The van der Waals surface area contributed by atoms with Crippen LogP contribution in [0.1, 0.15) is 16.7 Å². The van der Waals surface area contributed by atoms with Crippen LogP contribution in [0.25, 0.3) is 0 Å². The first-order valence-electron chi connectivity index (χ1n) is 12.0. The molecule has 0 aliphatic rings. The Balaban J connectivity index is 1.49. The zero-order valence-electron chi connectivity index (χ0n) is 21.2. The number of aryl methyl sites for hydroxylation is 1. The van der Waals surface area contributed by atoms with Crippen LogP contribution in [-0.2, 0) is 27.5 Å². The van der Waals surface area contributed by atoms with Gasteiger partial charge in [0.05, 0.1) is 22.7 Å². The smallest absolute Gasteiger partial charge is 0.416 e. The maximum absolute atomic E-state index is 13.6. The van der Waals surface area contributed by atoms with Crippen LogP contribution in [0.3, 0.4) is 0 Å². The fraction of sp³-hybridized carbons (Fsp3) is 0.138. The predicted octanol–water partition coefficient (Wildman–Crippen LogP) is 7.08. The maximum Gasteiger partial charge on any atom is 0.416 e. The number of nitrogens with one attached hydrogen (secondary N) is 1. The van der Waals surface area contributed by atoms with Crippen LogP contribution in [0.4, 0.5) is 24.5 Å². The average molecular weight is 589 g/mol. The number of sulfonamides is 1. The molecule has 0 heterocycles. The van der Waals surface area contributed by atoms with Crippen LogP contribution in [0.5, 0.6) is 5.75 Å². The number of carbonyl (C=O) groups excluding carboxylic acids is 1. The van der Waals surface area contributed by atoms with E-state index < -0.39 is 34.3 Å². The number of alkyl halides is 3. The van der Waals surface area contributed by atoms with Crippen molar-refractivity contribution < 1.29 is 31.1 Å². The molecule has 0 fully saturated rings. The van der Waals surface area contributed by atoms with Crippen molar-refractivity contribution in [2.75, 3.05) is 16.2 Å². The fourth-order valence-corrected chi connectivity index (χ4v) is 5.31. The number of ether oxygens (including phenoxy) is 1. The minimum Gasteiger partial charge on any atom is -0.484 e. The highest BCUT2D eigenvalue weighted by Crippen LogP contribution is 2.31. The molecule has 0 spiro atoms. The molecule has 0 saturated heterocycles. The first kappa shape index (κ1) is 29.0. The van der Waals surface area contributed by atoms with Gasteiger partial charge in [-0.25, -0.2) is 8.42 Å². The van der Waals surface area contributed by atoms with Gasteiger partial charge in [0.1, 0.15) is 5.75 Å². The minimum absolute atomic E-state index is 0.0158. The summed E-state index contributed by atoms with van der Waals surface area (Å²) in [6, 6.07) is 23.7. The normalized spacial score (nSPS) is 11.6. The summed E-state index contributed by atoms with van der Waals surface area (Å²) in [6.45, 7) is 1.43. The van der Waals surface area contributed by atoms with Gasteiger partial charge in [0.25, 0.3) is 15.9 Å². The lowest BCUT2D eigenvalue weighted by atomic mass is 10.2. The molecule has 40 heavy (non-hydrogen) atoms. The molecular formula is C29H24ClF3N2O4S. The molecule has 11 heteroatoms. The molecule has 0 bridgehead atoms. The third kappa shape index (κ3) is 7.34. The van der Waals surface area contributed by atoms with Crippen LogP contribution in [0.15, 0.2) is 102 Å². The summed E-state index contributed by atoms with van der Waals surface area (Å²) in [5.74, 6) is -0.392. The highest BCUT2D eigenvalue weighted by atomic mass is 35.5. The monoisotopic (exact) mass is 588 g/mol. The maximum atomic E-state index is 13.6. The van der Waals surface area contributed by atoms with Crippen molar-refractivity contribution in [1.82, 2.24) is 0 Å². The SMILES string of the molecule is Cc1ccc(S(=O)(=O)N(Cc2ccc(Cl)cc2)c2ccc(OCC(=O)Nc3cccc(C(F)(F)F)c3)cc2)cc1. The third-order valence-electron chi connectivity index (χ3n) is 5.82. The second kappa shape index (κ2) is 12.0. The standard InChI is InChI=1S/C29H24ClF3N2O4S/c1-20-5-15-27(16-6-20)40(37,38)35(18-21-7-9-23(30)10-8-21)25-11-13-26(14-12-25)39-19-28(36)34-24-4-2-3-22(17-24)29(31,32)33/h2-17H,18-19H2,1H3,(H,34,36). The molecule has 1 N–H and O–H groups in total. The molecule has 6 nitrogen and oxygen atoms in total. The van der Waals surface area contributed by atoms with Crippen molar-refractivity contribution >= 4 is 38.9 Å². The van der Waals surface area contributed by atoms with E-state index in [1.807, 2.05) is 6.92 Å². The Morgan fingerprint density at radius 2 is 1.57 bits per heavy atom. The van der Waals surface area contributed by atoms with Crippen LogP contribution in [-0.4, -0.2) is 20.9 Å². The highest BCUT2D eigenvalue weighted by molar-refractivity contribution is 7.92. The number of nitrogens with zero attached hydrogens (tertiary/aromatic N) is 1. The summed E-state index contributed by atoms with van der Waals surface area (Å²) >= 11 is 5.99. The van der Waals surface area contributed by atoms with E-state index in [9.17, 15) is 26.4 Å². The van der Waals surface area contributed by atoms with Crippen LogP contribution in [0, 0.1) is 6.92 Å². The average Bonchev–Trinajstić information content (AvgIpc) is 2.92. The summed E-state index contributed by atoms with van der Waals surface area (Å²) in [5, 5.41) is 2.89. The van der Waals surface area contributed by atoms with Crippen molar-refractivity contribution in [2.24, 2.45) is 0 Å². The quantitative estimate of drug-likeness (QED) is 0.227. The van der Waals surface area contributed by atoms with Crippen LogP contribution >= 0.6 is 11.6 Å². The number of hydrogen-bond donors (Lipinski definition) is 1. The van der Waals surface area contributed by atoms with Crippen molar-refractivity contribution in [3.63, 3.8) is 0 Å². The van der Waals surface area contributed by atoms with Crippen molar-refractivity contribution in [3.8, 4) is 5.75 Å². The van der Waals surface area contributed by atoms with E-state index in [0.717, 1.165) is 17.7 Å². The Morgan fingerprint density at radius 1 is 0.925 bits per heavy atom. The van der Waals surface area contributed by atoms with E-state index >= 15 is 0 Å². The van der Waals surface area contributed by atoms with Crippen LogP contribution < -0.4 is 14.4 Å². The van der Waals surface area contributed by atoms with E-state index in [1.165, 1.54) is 28.6 Å². The van der Waals surface area contributed by atoms with Gasteiger partial charge in [-0.1, -0.05) is 47.5 Å². The molecule has 0 unspecified atom stereocenters. The lowest BCUT2D eigenvalue weighted by Gasteiger charge is -2.25. The molecule has 0 aliphatic heterocycles. The molecule has 0 aromatic heterocycles. The summed E-state index contributed by atoms with van der Waals surface area (Å²) in [6.07, 6.45) is -4.53. The Hall–Kier alpha value is -4.02. The molecule has 4 aromatic carbocycles. The van der Waals surface area contributed by atoms with Gasteiger partial charge < -0.3 is 10.1 Å². The van der Waals surface area contributed by atoms with Gasteiger partial charge in [-0.2, -0.15) is 13.2 Å². The molecule has 0 radical (unpaired) electrons. The van der Waals surface area contributed by atoms with E-state index in [4.69, 9.17) is 16.3 Å². The predicted molar refractivity (Wildman–Crippen MR) is 148 cm³/mol. The summed E-state index contributed by atoms with van der Waals surface area (Å²) in [5.41, 5.74) is 1.09. The Labute approximate surface area is 235 Å². The topological polar surface area (TPSA) is 75.7 Å². The Kier molecular flexibility index (Phi) is 8.70. The summed E-state index contributed by atoms with van der Waals surface area (Å²) < 4.78 is 72.7. The van der Waals surface area contributed by atoms with E-state index in [1.54, 1.807) is 60.7 Å². The number of benzene rings is 4. The minimum atomic E-state index is -4.53. The van der Waals surface area contributed by atoms with Gasteiger partial charge in [0, 0.05) is 10.7 Å². The van der Waals surface area contributed by atoms with Crippen LogP contribution in [0.2, 0.25) is 5.02 Å². The number of rotatable bonds is 9. The first-order valence-corrected chi connectivity index (χ1v) is 13.8. The second-order valence-electron chi connectivity index (χ2n) is 8.86. The molecular weight excluding hydrogens is 565 g/mol. The molecule has 0 saturated carbocycles. The van der Waals surface area contributed by atoms with E-state index in [-0.39, 0.29) is 22.9 Å². The Bertz CT molecular complexity index is 1580. The molecule has 4 rings (SSSR count). The molecule has 4 aromatic rings. The molecule has 0 aliphatic carbocycles. The van der Waals surface area contributed by atoms with Gasteiger partial charge >= 0.3 is 6.18 Å². The second-order valence-corrected chi connectivity index (χ2v) is 11.2. The molecule has 0 atom stereocenters. The number of amides is 1. The van der Waals surface area contributed by atoms with Crippen molar-refractivity contribution in [1.29, 1.82) is 0 Å². The highest BCUT2D eigenvalue weighted by Gasteiger charge is 2.30. The van der Waals surface area contributed by atoms with Crippen molar-refractivity contribution in [2.45, 2.75) is 24.5 Å². The largest absolute Gasteiger partial charge is 0.484 e. The third-order valence-corrected chi connectivity index (χ3v) is 7.86. The van der Waals surface area contributed by atoms with Gasteiger partial charge in [-0.3, -0.25) is 9.10 Å². The number of hydrogen-bond acceptors (Lipinski definition) is 4. The van der Waals surface area contributed by atoms with Gasteiger partial charge in [-0.15, -0.1) is 0 Å². The zero-order valence-corrected chi connectivity index (χ0v) is 22.7. The van der Waals surface area contributed by atoms with E-state index in [0.29, 0.717) is 16.3 Å². The van der Waals surface area contributed by atoms with E-state index in [2.05, 4.69) is 5.32 Å². The lowest BCUT2D eigenvalue weighted by molar-refractivity contribution is -0.137. The lowest BCUT2D eigenvalue weighted by Crippen LogP contribution is -2.30. The first-order chi connectivity index (χ1) is 18.9. The summed E-state index contributed by atoms with van der Waals surface area (Å²) in [7, 11) is -3.95. The summed E-state index contributed by atoms with van der Waals surface area (Å²) in [4.78, 5) is 12.4. The van der Waals surface area contributed by atoms with Gasteiger partial charge in [0.15, 0.2) is 6.61 Å². The zero-order chi connectivity index (χ0) is 28.9. The number of halogens is 4. The van der Waals surface area contributed by atoms with Crippen molar-refractivity contribution in [3.05, 3.63) is 119 Å². The molecule has 208 valence electrons. The Morgan fingerprint density at radius 3 is 2.20 bits per heavy atom. The number of anilines is 2. The number of carbonyl (C=O) groups is 1. The van der Waals surface area contributed by atoms with Gasteiger partial charge in [-0.05, 0) is 79.2 Å².